The molecule has 46 heavy (non-hydrogen) atoms. The Hall–Kier alpha value is -3.84. The Bertz CT molecular complexity index is 1140. The third-order valence-electron chi connectivity index (χ3n) is 7.43. The molecule has 0 saturated carbocycles. The van der Waals surface area contributed by atoms with E-state index in [4.69, 9.17) is 16.2 Å². The standard InChI is InChI=1S/C33H53N5O8/c1-21(2)10-9-15-46-20-26(40)17-24(13-8-14-36-33(34)35)30(42)38-29(22(3)4)28(41)18-25(19-39)31(43)37-27(32(44)45)16-23-11-6-5-7-12-23/h5-7,11-12,21-22,24-25,27,29,39H,8-10,13-20H2,1-4H3,(H,37,43)(H,38,42)(H,44,45)(H4,34,35,36)/t24-,25+,27+,29+/m1/s1. The van der Waals surface area contributed by atoms with E-state index in [1.807, 2.05) is 0 Å². The molecule has 2 amide bonds. The number of ketones is 2. The predicted octanol–water partition coefficient (Wildman–Crippen LogP) is 1.59. The van der Waals surface area contributed by atoms with Crippen molar-refractivity contribution in [1.82, 2.24) is 10.6 Å². The van der Waals surface area contributed by atoms with E-state index in [1.165, 1.54) is 0 Å². The molecule has 0 spiro atoms. The number of carboxylic acid groups (broad SMARTS) is 1. The Morgan fingerprint density at radius 3 is 2.11 bits per heavy atom. The highest BCUT2D eigenvalue weighted by molar-refractivity contribution is 5.95. The number of amides is 2. The molecular weight excluding hydrogens is 594 g/mol. The summed E-state index contributed by atoms with van der Waals surface area (Å²) in [4.78, 5) is 68.2. The van der Waals surface area contributed by atoms with Gasteiger partial charge in [-0.3, -0.25) is 24.2 Å². The average Bonchev–Trinajstić information content (AvgIpc) is 2.99. The maximum Gasteiger partial charge on any atom is 0.326 e. The lowest BCUT2D eigenvalue weighted by Crippen LogP contribution is -2.50. The third kappa shape index (κ3) is 16.5. The van der Waals surface area contributed by atoms with Crippen molar-refractivity contribution in [2.45, 2.75) is 84.7 Å². The second kappa shape index (κ2) is 21.8. The Kier molecular flexibility index (Phi) is 19.1. The molecular formula is C33H53N5O8. The van der Waals surface area contributed by atoms with Crippen LogP contribution >= 0.6 is 0 Å². The number of carbonyl (C=O) groups excluding carboxylic acids is 4. The molecule has 0 aliphatic carbocycles. The van der Waals surface area contributed by atoms with E-state index >= 15 is 0 Å². The minimum atomic E-state index is -1.27. The monoisotopic (exact) mass is 647 g/mol. The van der Waals surface area contributed by atoms with E-state index in [2.05, 4.69) is 29.5 Å². The maximum absolute atomic E-state index is 13.4. The molecule has 13 heteroatoms. The van der Waals surface area contributed by atoms with Crippen LogP contribution in [-0.2, 0) is 35.1 Å². The van der Waals surface area contributed by atoms with Crippen LogP contribution in [-0.4, -0.2) is 84.0 Å². The van der Waals surface area contributed by atoms with Crippen LogP contribution in [0.1, 0.15) is 71.8 Å². The minimum Gasteiger partial charge on any atom is -0.480 e. The number of nitrogens with one attached hydrogen (secondary N) is 2. The van der Waals surface area contributed by atoms with Gasteiger partial charge in [0.05, 0.1) is 18.6 Å². The number of nitrogens with zero attached hydrogens (tertiary/aromatic N) is 1. The second-order valence-electron chi connectivity index (χ2n) is 12.3. The fourth-order valence-corrected chi connectivity index (χ4v) is 4.82. The topological polar surface area (TPSA) is 223 Å². The number of aliphatic carboxylic acids is 1. The third-order valence-corrected chi connectivity index (χ3v) is 7.43. The van der Waals surface area contributed by atoms with E-state index in [1.54, 1.807) is 44.2 Å². The van der Waals surface area contributed by atoms with E-state index in [0.717, 1.165) is 12.8 Å². The first-order valence-electron chi connectivity index (χ1n) is 15.9. The molecule has 8 N–H and O–H groups in total. The van der Waals surface area contributed by atoms with Gasteiger partial charge >= 0.3 is 5.97 Å². The van der Waals surface area contributed by atoms with Crippen molar-refractivity contribution in [2.24, 2.45) is 40.1 Å². The summed E-state index contributed by atoms with van der Waals surface area (Å²) < 4.78 is 5.51. The molecule has 0 heterocycles. The summed E-state index contributed by atoms with van der Waals surface area (Å²) >= 11 is 0. The number of aliphatic hydroxyl groups excluding tert-OH is 1. The molecule has 0 aliphatic heterocycles. The Morgan fingerprint density at radius 2 is 1.54 bits per heavy atom. The molecule has 0 unspecified atom stereocenters. The summed E-state index contributed by atoms with van der Waals surface area (Å²) in [5, 5.41) is 24.8. The number of aliphatic imine (C=N–C) groups is 1. The van der Waals surface area contributed by atoms with Crippen molar-refractivity contribution in [2.75, 3.05) is 26.4 Å². The van der Waals surface area contributed by atoms with E-state index in [0.29, 0.717) is 24.5 Å². The van der Waals surface area contributed by atoms with Crippen LogP contribution < -0.4 is 22.1 Å². The molecule has 1 aromatic rings. The van der Waals surface area contributed by atoms with Crippen molar-refractivity contribution in [3.05, 3.63) is 35.9 Å². The number of guanidine groups is 1. The van der Waals surface area contributed by atoms with Crippen LogP contribution in [0.4, 0.5) is 0 Å². The van der Waals surface area contributed by atoms with Crippen LogP contribution in [0.15, 0.2) is 35.3 Å². The Labute approximate surface area is 271 Å². The molecule has 0 aliphatic rings. The summed E-state index contributed by atoms with van der Waals surface area (Å²) in [5.41, 5.74) is 11.5. The number of benzene rings is 1. The van der Waals surface area contributed by atoms with Crippen LogP contribution in [0, 0.1) is 23.7 Å². The summed E-state index contributed by atoms with van der Waals surface area (Å²) in [5.74, 6) is -5.26. The second-order valence-corrected chi connectivity index (χ2v) is 12.3. The van der Waals surface area contributed by atoms with Crippen molar-refractivity contribution >= 4 is 35.3 Å². The molecule has 0 fully saturated rings. The number of carboxylic acids is 1. The molecule has 1 aromatic carbocycles. The first kappa shape index (κ1) is 40.2. The van der Waals surface area contributed by atoms with Crippen molar-refractivity contribution in [3.63, 3.8) is 0 Å². The van der Waals surface area contributed by atoms with Crippen LogP contribution in [0.5, 0.6) is 0 Å². The van der Waals surface area contributed by atoms with Gasteiger partial charge in [0, 0.05) is 38.3 Å². The number of nitrogens with two attached hydrogens (primary N) is 2. The fraction of sp³-hybridized carbons (Fsp3) is 0.636. The number of ether oxygens (including phenoxy) is 1. The molecule has 1 rings (SSSR count). The largest absolute Gasteiger partial charge is 0.480 e. The van der Waals surface area contributed by atoms with Crippen molar-refractivity contribution in [1.29, 1.82) is 0 Å². The van der Waals surface area contributed by atoms with E-state index in [-0.39, 0.29) is 50.1 Å². The van der Waals surface area contributed by atoms with E-state index < -0.39 is 60.5 Å². The SMILES string of the molecule is CC(C)CCCOCC(=O)C[C@@H](CCCN=C(N)N)C(=O)N[C@H](C(=O)C[C@@H](CO)C(=O)N[C@@H](Cc1ccccc1)C(=O)O)C(C)C. The van der Waals surface area contributed by atoms with Gasteiger partial charge in [-0.15, -0.1) is 0 Å². The van der Waals surface area contributed by atoms with Gasteiger partial charge in [0.25, 0.3) is 0 Å². The van der Waals surface area contributed by atoms with Crippen molar-refractivity contribution in [3.8, 4) is 0 Å². The van der Waals surface area contributed by atoms with Crippen molar-refractivity contribution < 1.29 is 38.9 Å². The zero-order chi connectivity index (χ0) is 34.6. The summed E-state index contributed by atoms with van der Waals surface area (Å²) in [7, 11) is 0. The van der Waals surface area contributed by atoms with Gasteiger partial charge in [0.1, 0.15) is 12.6 Å². The number of hydrogen-bond acceptors (Lipinski definition) is 8. The van der Waals surface area contributed by atoms with Gasteiger partial charge in [-0.05, 0) is 43.1 Å². The van der Waals surface area contributed by atoms with Crippen LogP contribution in [0.2, 0.25) is 0 Å². The number of Topliss-reactive ketones (excluding diaryl/α,β-unsaturated/α-hetero) is 2. The lowest BCUT2D eigenvalue weighted by Gasteiger charge is -2.26. The molecule has 0 radical (unpaired) electrons. The zero-order valence-corrected chi connectivity index (χ0v) is 27.6. The van der Waals surface area contributed by atoms with Gasteiger partial charge in [-0.1, -0.05) is 58.0 Å². The Balaban J connectivity index is 2.92. The average molecular weight is 648 g/mol. The van der Waals surface area contributed by atoms with Gasteiger partial charge in [0.2, 0.25) is 11.8 Å². The van der Waals surface area contributed by atoms with Crippen LogP contribution in [0.25, 0.3) is 0 Å². The molecule has 13 nitrogen and oxygen atoms in total. The summed E-state index contributed by atoms with van der Waals surface area (Å²) in [6.07, 6.45) is 1.98. The quantitative estimate of drug-likeness (QED) is 0.0540. The fourth-order valence-electron chi connectivity index (χ4n) is 4.82. The van der Waals surface area contributed by atoms with Crippen LogP contribution in [0.3, 0.4) is 0 Å². The first-order valence-corrected chi connectivity index (χ1v) is 15.9. The molecule has 0 bridgehead atoms. The Morgan fingerprint density at radius 1 is 0.891 bits per heavy atom. The molecule has 0 saturated heterocycles. The number of carbonyl (C=O) groups is 5. The van der Waals surface area contributed by atoms with Gasteiger partial charge < -0.3 is 37.1 Å². The van der Waals surface area contributed by atoms with E-state index in [9.17, 15) is 34.2 Å². The molecule has 0 aromatic heterocycles. The lowest BCUT2D eigenvalue weighted by atomic mass is 9.90. The number of hydrogen-bond donors (Lipinski definition) is 6. The van der Waals surface area contributed by atoms with Gasteiger partial charge in [-0.25, -0.2) is 4.79 Å². The lowest BCUT2D eigenvalue weighted by molar-refractivity contribution is -0.143. The smallest absolute Gasteiger partial charge is 0.326 e. The summed E-state index contributed by atoms with van der Waals surface area (Å²) in [6.45, 7) is 7.52. The highest BCUT2D eigenvalue weighted by atomic mass is 16.5. The zero-order valence-electron chi connectivity index (χ0n) is 27.6. The molecule has 258 valence electrons. The summed E-state index contributed by atoms with van der Waals surface area (Å²) in [6, 6.07) is 6.46. The highest BCUT2D eigenvalue weighted by Gasteiger charge is 2.33. The van der Waals surface area contributed by atoms with Gasteiger partial charge in [0.15, 0.2) is 17.5 Å². The highest BCUT2D eigenvalue weighted by Crippen LogP contribution is 2.17. The van der Waals surface area contributed by atoms with Gasteiger partial charge in [-0.2, -0.15) is 0 Å². The minimum absolute atomic E-state index is 0.0188. The molecule has 4 atom stereocenters. The maximum atomic E-state index is 13.4. The number of rotatable bonds is 24. The predicted molar refractivity (Wildman–Crippen MR) is 175 cm³/mol. The number of aliphatic hydroxyl groups is 1. The first-order chi connectivity index (χ1) is 21.7. The normalized spacial score (nSPS) is 13.8.